The van der Waals surface area contributed by atoms with Crippen LogP contribution in [-0.2, 0) is 14.3 Å². The quantitative estimate of drug-likeness (QED) is 0.367. The maximum Gasteiger partial charge on any atom is 0.354 e. The van der Waals surface area contributed by atoms with Gasteiger partial charge in [0.2, 0.25) is 0 Å². The zero-order valence-electron chi connectivity index (χ0n) is 22.2. The molecule has 2 N–H and O–H groups in total. The Kier molecular flexibility index (Phi) is 9.52. The number of alkyl halides is 2. The molecule has 0 radical (unpaired) electrons. The van der Waals surface area contributed by atoms with Crippen LogP contribution in [0.15, 0.2) is 45.5 Å². The van der Waals surface area contributed by atoms with Crippen molar-refractivity contribution in [1.82, 2.24) is 9.78 Å². The lowest BCUT2D eigenvalue weighted by molar-refractivity contribution is -0.138. The summed E-state index contributed by atoms with van der Waals surface area (Å²) < 4.78 is 52.9. The molecular formula is C27H31ClF3N5O4. The van der Waals surface area contributed by atoms with Crippen molar-refractivity contribution in [2.75, 3.05) is 31.2 Å². The third-order valence-electron chi connectivity index (χ3n) is 6.91. The third kappa shape index (κ3) is 6.33. The van der Waals surface area contributed by atoms with Crippen molar-refractivity contribution in [3.8, 4) is 0 Å². The van der Waals surface area contributed by atoms with Gasteiger partial charge < -0.3 is 20.1 Å². The topological polar surface area (TPSA) is 112 Å². The van der Waals surface area contributed by atoms with Gasteiger partial charge >= 0.3 is 5.97 Å². The van der Waals surface area contributed by atoms with Crippen LogP contribution in [0.2, 0.25) is 5.02 Å². The SMILES string of the molecule is CCOC(=O)C(N)=C1CN(c2cnn(C3CCCCO3)c(=O)c2Cl)CCC1=NC(C)c1ccc(F)cc1C(F)F. The zero-order valence-corrected chi connectivity index (χ0v) is 23.0. The van der Waals surface area contributed by atoms with Crippen LogP contribution >= 0.6 is 11.6 Å². The van der Waals surface area contributed by atoms with Crippen molar-refractivity contribution in [1.29, 1.82) is 0 Å². The van der Waals surface area contributed by atoms with Crippen LogP contribution in [0, 0.1) is 5.82 Å². The highest BCUT2D eigenvalue weighted by molar-refractivity contribution is 6.33. The van der Waals surface area contributed by atoms with E-state index in [1.165, 1.54) is 16.9 Å². The number of nitrogens with zero attached hydrogens (tertiary/aromatic N) is 4. The van der Waals surface area contributed by atoms with Crippen molar-refractivity contribution in [3.05, 3.63) is 68.0 Å². The first-order valence-corrected chi connectivity index (χ1v) is 13.4. The van der Waals surface area contributed by atoms with Gasteiger partial charge in [-0.1, -0.05) is 17.7 Å². The number of anilines is 1. The molecule has 2 aliphatic heterocycles. The second kappa shape index (κ2) is 12.9. The fraction of sp³-hybridized carbons (Fsp3) is 0.481. The van der Waals surface area contributed by atoms with Gasteiger partial charge in [-0.15, -0.1) is 0 Å². The largest absolute Gasteiger partial charge is 0.461 e. The molecule has 4 rings (SSSR count). The third-order valence-corrected chi connectivity index (χ3v) is 7.27. The van der Waals surface area contributed by atoms with E-state index < -0.39 is 41.6 Å². The lowest BCUT2D eigenvalue weighted by Crippen LogP contribution is -2.40. The number of carbonyl (C=O) groups excluding carboxylic acids is 1. The molecule has 1 aromatic carbocycles. The molecule has 0 saturated carbocycles. The van der Waals surface area contributed by atoms with Gasteiger partial charge in [0, 0.05) is 43.0 Å². The number of halogens is 4. The van der Waals surface area contributed by atoms with Crippen molar-refractivity contribution < 1.29 is 27.4 Å². The summed E-state index contributed by atoms with van der Waals surface area (Å²) >= 11 is 6.51. The van der Waals surface area contributed by atoms with Gasteiger partial charge in [0.05, 0.1) is 24.5 Å². The minimum absolute atomic E-state index is 0.0338. The van der Waals surface area contributed by atoms with Gasteiger partial charge in [0.15, 0.2) is 6.23 Å². The molecule has 216 valence electrons. The molecule has 2 unspecified atom stereocenters. The molecule has 3 heterocycles. The molecule has 2 saturated heterocycles. The summed E-state index contributed by atoms with van der Waals surface area (Å²) in [4.78, 5) is 32.0. The molecule has 2 atom stereocenters. The van der Waals surface area contributed by atoms with E-state index in [1.54, 1.807) is 18.7 Å². The maximum absolute atomic E-state index is 13.7. The lowest BCUT2D eigenvalue weighted by Gasteiger charge is -2.33. The van der Waals surface area contributed by atoms with E-state index in [0.29, 0.717) is 36.5 Å². The summed E-state index contributed by atoms with van der Waals surface area (Å²) in [5.41, 5.74) is 6.27. The predicted octanol–water partition coefficient (Wildman–Crippen LogP) is 4.86. The standard InChI is InChI=1S/C27H31ClF3N5O4/c1-3-39-27(38)24(32)19-14-35(21-13-33-36(26(37)23(21)28)22-6-4-5-11-40-22)10-9-20(19)34-15(2)17-8-7-16(29)12-18(17)25(30)31/h7-8,12-13,15,22,25H,3-6,9-11,14,32H2,1-2H3. The van der Waals surface area contributed by atoms with Gasteiger partial charge in [-0.3, -0.25) is 9.79 Å². The van der Waals surface area contributed by atoms with Gasteiger partial charge in [-0.05, 0) is 50.8 Å². The molecule has 40 heavy (non-hydrogen) atoms. The second-order valence-electron chi connectivity index (χ2n) is 9.52. The number of benzene rings is 1. The van der Waals surface area contributed by atoms with E-state index in [0.717, 1.165) is 25.0 Å². The molecule has 2 aliphatic rings. The summed E-state index contributed by atoms with van der Waals surface area (Å²) in [6.07, 6.45) is 0.792. The molecule has 9 nitrogen and oxygen atoms in total. The van der Waals surface area contributed by atoms with Crippen molar-refractivity contribution >= 4 is 29.0 Å². The van der Waals surface area contributed by atoms with E-state index in [9.17, 15) is 22.8 Å². The minimum Gasteiger partial charge on any atom is -0.461 e. The van der Waals surface area contributed by atoms with Gasteiger partial charge in [0.1, 0.15) is 16.5 Å². The van der Waals surface area contributed by atoms with Crippen molar-refractivity contribution in [3.63, 3.8) is 0 Å². The van der Waals surface area contributed by atoms with Crippen LogP contribution in [0.3, 0.4) is 0 Å². The molecule has 2 aromatic rings. The minimum atomic E-state index is -2.90. The first kappa shape index (κ1) is 29.6. The molecule has 0 spiro atoms. The van der Waals surface area contributed by atoms with Crippen LogP contribution in [0.25, 0.3) is 0 Å². The second-order valence-corrected chi connectivity index (χ2v) is 9.90. The number of aromatic nitrogens is 2. The van der Waals surface area contributed by atoms with E-state index in [1.807, 2.05) is 0 Å². The number of rotatable bonds is 7. The van der Waals surface area contributed by atoms with Crippen LogP contribution in [0.4, 0.5) is 18.9 Å². The monoisotopic (exact) mass is 581 g/mol. The summed E-state index contributed by atoms with van der Waals surface area (Å²) in [7, 11) is 0. The molecule has 13 heteroatoms. The molecular weight excluding hydrogens is 551 g/mol. The highest BCUT2D eigenvalue weighted by Crippen LogP contribution is 2.33. The Bertz CT molecular complexity index is 1370. The highest BCUT2D eigenvalue weighted by Gasteiger charge is 2.30. The van der Waals surface area contributed by atoms with Crippen molar-refractivity contribution in [2.45, 2.75) is 58.2 Å². The Morgan fingerprint density at radius 1 is 1.32 bits per heavy atom. The van der Waals surface area contributed by atoms with Gasteiger partial charge in [0.25, 0.3) is 12.0 Å². The highest BCUT2D eigenvalue weighted by atomic mass is 35.5. The normalized spacial score (nSPS) is 21.0. The van der Waals surface area contributed by atoms with Gasteiger partial charge in [-0.25, -0.2) is 18.0 Å². The first-order chi connectivity index (χ1) is 19.1. The average Bonchev–Trinajstić information content (AvgIpc) is 2.94. The smallest absolute Gasteiger partial charge is 0.354 e. The molecule has 1 aromatic heterocycles. The number of aliphatic imine (C=N–C) groups is 1. The predicted molar refractivity (Wildman–Crippen MR) is 144 cm³/mol. The average molecular weight is 582 g/mol. The van der Waals surface area contributed by atoms with Crippen molar-refractivity contribution in [2.24, 2.45) is 10.7 Å². The summed E-state index contributed by atoms with van der Waals surface area (Å²) in [6.45, 7) is 4.21. The fourth-order valence-corrected chi connectivity index (χ4v) is 5.13. The number of hydrogen-bond acceptors (Lipinski definition) is 8. The first-order valence-electron chi connectivity index (χ1n) is 13.1. The van der Waals surface area contributed by atoms with Crippen LogP contribution in [0.5, 0.6) is 0 Å². The Labute approximate surface area is 234 Å². The molecule has 0 aliphatic carbocycles. The summed E-state index contributed by atoms with van der Waals surface area (Å²) in [6, 6.07) is 2.37. The van der Waals surface area contributed by atoms with Gasteiger partial charge in [-0.2, -0.15) is 9.78 Å². The Morgan fingerprint density at radius 2 is 2.10 bits per heavy atom. The van der Waals surface area contributed by atoms with Crippen LogP contribution in [0.1, 0.15) is 69.4 Å². The number of hydrogen-bond donors (Lipinski definition) is 1. The number of nitrogens with two attached hydrogens (primary N) is 1. The Morgan fingerprint density at radius 3 is 2.77 bits per heavy atom. The van der Waals surface area contributed by atoms with E-state index in [4.69, 9.17) is 26.8 Å². The zero-order chi connectivity index (χ0) is 29.0. The lowest BCUT2D eigenvalue weighted by atomic mass is 9.97. The van der Waals surface area contributed by atoms with Crippen LogP contribution in [-0.4, -0.2) is 47.8 Å². The number of piperidine rings is 1. The maximum atomic E-state index is 13.7. The molecule has 0 amide bonds. The number of ether oxygens (including phenoxy) is 2. The number of carbonyl (C=O) groups is 1. The number of esters is 1. The Balaban J connectivity index is 1.69. The molecule has 2 fully saturated rings. The van der Waals surface area contributed by atoms with Crippen LogP contribution < -0.4 is 16.2 Å². The van der Waals surface area contributed by atoms with E-state index in [-0.39, 0.29) is 35.9 Å². The summed E-state index contributed by atoms with van der Waals surface area (Å²) in [5.74, 6) is -1.54. The van der Waals surface area contributed by atoms with E-state index in [2.05, 4.69) is 10.1 Å². The fourth-order valence-electron chi connectivity index (χ4n) is 4.87. The molecule has 0 bridgehead atoms. The van der Waals surface area contributed by atoms with E-state index >= 15 is 0 Å². The Hall–Kier alpha value is -3.38. The summed E-state index contributed by atoms with van der Waals surface area (Å²) in [5, 5.41) is 4.24.